The molecule has 0 bridgehead atoms. The van der Waals surface area contributed by atoms with Gasteiger partial charge >= 0.3 is 0 Å². The van der Waals surface area contributed by atoms with Gasteiger partial charge in [0.2, 0.25) is 11.8 Å². The van der Waals surface area contributed by atoms with Gasteiger partial charge in [-0.2, -0.15) is 0 Å². The summed E-state index contributed by atoms with van der Waals surface area (Å²) < 4.78 is 18.7. The zero-order chi connectivity index (χ0) is 32.0. The molecule has 1 aromatic rings. The van der Waals surface area contributed by atoms with Gasteiger partial charge in [-0.25, -0.2) is 0 Å². The van der Waals surface area contributed by atoms with Gasteiger partial charge in [-0.15, -0.1) is 0 Å². The van der Waals surface area contributed by atoms with Crippen molar-refractivity contribution in [1.82, 2.24) is 10.2 Å². The number of aliphatic hydroxyl groups excluding tert-OH is 2. The number of amides is 2. The fraction of sp³-hybridized carbons (Fsp3) is 0.667. The minimum atomic E-state index is -1.16. The van der Waals surface area contributed by atoms with Crippen LogP contribution < -0.4 is 14.8 Å². The number of halogens is 1. The summed E-state index contributed by atoms with van der Waals surface area (Å²) in [6, 6.07) is 2.46. The van der Waals surface area contributed by atoms with Gasteiger partial charge in [-0.1, -0.05) is 27.2 Å². The molecular formula is C33H47IN2O8. The Bertz CT molecular complexity index is 1200. The smallest absolute Gasteiger partial charge is 0.248 e. The van der Waals surface area contributed by atoms with Crippen molar-refractivity contribution in [1.29, 1.82) is 0 Å². The van der Waals surface area contributed by atoms with Crippen molar-refractivity contribution in [3.63, 3.8) is 0 Å². The molecular weight excluding hydrogens is 679 g/mol. The van der Waals surface area contributed by atoms with E-state index >= 15 is 0 Å². The van der Waals surface area contributed by atoms with E-state index in [-0.39, 0.29) is 38.2 Å². The minimum absolute atomic E-state index is 0.00132. The first-order chi connectivity index (χ1) is 21.1. The van der Waals surface area contributed by atoms with E-state index in [0.717, 1.165) is 32.1 Å². The Balaban J connectivity index is 1.61. The summed E-state index contributed by atoms with van der Waals surface area (Å²) in [5.74, 6) is 1.75. The predicted molar refractivity (Wildman–Crippen MR) is 174 cm³/mol. The second kappa shape index (κ2) is 15.9. The molecule has 2 amide bonds. The predicted octanol–water partition coefficient (Wildman–Crippen LogP) is 3.74. The van der Waals surface area contributed by atoms with Gasteiger partial charge in [-0.3, -0.25) is 14.4 Å². The number of carbonyl (C=O) groups excluding carboxylic acids is 3. The number of rotatable bonds is 14. The number of carbonyl (C=O) groups is 3. The summed E-state index contributed by atoms with van der Waals surface area (Å²) in [7, 11) is 1.46. The number of benzene rings is 1. The summed E-state index contributed by atoms with van der Waals surface area (Å²) in [6.45, 7) is 6.87. The van der Waals surface area contributed by atoms with Crippen molar-refractivity contribution < 1.29 is 38.8 Å². The molecule has 1 aromatic carbocycles. The van der Waals surface area contributed by atoms with E-state index < -0.39 is 24.2 Å². The van der Waals surface area contributed by atoms with E-state index in [9.17, 15) is 24.6 Å². The van der Waals surface area contributed by atoms with E-state index in [4.69, 9.17) is 14.2 Å². The molecule has 2 fully saturated rings. The minimum Gasteiger partial charge on any atom is -0.493 e. The molecule has 44 heavy (non-hydrogen) atoms. The molecule has 11 heteroatoms. The Hall–Kier alpha value is -2.22. The Morgan fingerprint density at radius 2 is 1.95 bits per heavy atom. The van der Waals surface area contributed by atoms with Crippen LogP contribution >= 0.6 is 22.6 Å². The Labute approximate surface area is 274 Å². The number of nitrogens with zero attached hydrogens (tertiary/aromatic N) is 1. The van der Waals surface area contributed by atoms with Crippen LogP contribution in [0.4, 0.5) is 0 Å². The van der Waals surface area contributed by atoms with Crippen molar-refractivity contribution in [2.24, 2.45) is 23.7 Å². The Kier molecular flexibility index (Phi) is 12.5. The number of hydrogen-bond acceptors (Lipinski definition) is 8. The van der Waals surface area contributed by atoms with Crippen LogP contribution in [0.1, 0.15) is 69.7 Å². The van der Waals surface area contributed by atoms with Crippen LogP contribution in [-0.4, -0.2) is 91.0 Å². The van der Waals surface area contributed by atoms with E-state index in [1.807, 2.05) is 22.6 Å². The average molecular weight is 727 g/mol. The molecule has 4 rings (SSSR count). The van der Waals surface area contributed by atoms with Gasteiger partial charge in [0, 0.05) is 30.6 Å². The molecule has 2 saturated carbocycles. The molecule has 0 saturated heterocycles. The second-order valence-electron chi connectivity index (χ2n) is 12.8. The Morgan fingerprint density at radius 3 is 2.59 bits per heavy atom. The van der Waals surface area contributed by atoms with Crippen LogP contribution in [-0.2, 0) is 14.3 Å². The Morgan fingerprint density at radius 1 is 1.20 bits per heavy atom. The van der Waals surface area contributed by atoms with Gasteiger partial charge in [0.15, 0.2) is 11.5 Å². The van der Waals surface area contributed by atoms with Crippen molar-refractivity contribution in [3.05, 3.63) is 32.9 Å². The fourth-order valence-corrected chi connectivity index (χ4v) is 7.16. The lowest BCUT2D eigenvalue weighted by molar-refractivity contribution is -0.148. The number of aliphatic hydroxyl groups is 2. The SMILES string of the molecule is COc1cc(C=O)cc(I)c1O[C@H]1C=C(C(=O)NCCO)C[C@@H](N(CC2CC2)C(=O)CO[C@H]2C[C@@H](C)CC[C@@H]2C(C)C)[C@@H]1O. The summed E-state index contributed by atoms with van der Waals surface area (Å²) in [6.07, 6.45) is 5.43. The summed E-state index contributed by atoms with van der Waals surface area (Å²) in [5.41, 5.74) is 0.765. The number of aldehydes is 1. The normalized spacial score (nSPS) is 27.0. The zero-order valence-corrected chi connectivity index (χ0v) is 28.3. The number of hydrogen-bond donors (Lipinski definition) is 3. The molecule has 0 aliphatic heterocycles. The number of ether oxygens (including phenoxy) is 3. The number of methoxy groups -OCH3 is 1. The largest absolute Gasteiger partial charge is 0.493 e. The maximum absolute atomic E-state index is 13.9. The third-order valence-electron chi connectivity index (χ3n) is 9.11. The zero-order valence-electron chi connectivity index (χ0n) is 26.2. The van der Waals surface area contributed by atoms with Crippen LogP contribution in [0, 0.1) is 27.2 Å². The standard InChI is InChI=1S/C33H47IN2O8/c1-19(2)24-8-5-20(3)11-27(24)43-18-30(39)36(16-21-6-7-21)26-14-23(33(41)35-9-10-37)15-28(31(26)40)44-32-25(34)12-22(17-38)13-29(32)42-4/h12-13,15,17,19-21,24,26-28,31,37,40H,5-11,14,16,18H2,1-4H3,(H,35,41)/t20-,24+,26+,27-,28-,31-/m0/s1. The van der Waals surface area contributed by atoms with E-state index in [1.54, 1.807) is 23.1 Å². The lowest BCUT2D eigenvalue weighted by Crippen LogP contribution is -2.56. The molecule has 0 unspecified atom stereocenters. The van der Waals surface area contributed by atoms with E-state index in [1.165, 1.54) is 7.11 Å². The lowest BCUT2D eigenvalue weighted by atomic mass is 9.75. The highest BCUT2D eigenvalue weighted by Gasteiger charge is 2.43. The first-order valence-corrected chi connectivity index (χ1v) is 16.8. The summed E-state index contributed by atoms with van der Waals surface area (Å²) in [5, 5.41) is 23.7. The quantitative estimate of drug-likeness (QED) is 0.195. The van der Waals surface area contributed by atoms with Crippen LogP contribution in [0.2, 0.25) is 0 Å². The average Bonchev–Trinajstić information content (AvgIpc) is 3.83. The monoisotopic (exact) mass is 726 g/mol. The van der Waals surface area contributed by atoms with E-state index in [2.05, 4.69) is 26.1 Å². The fourth-order valence-electron chi connectivity index (χ4n) is 6.41. The van der Waals surface area contributed by atoms with Crippen LogP contribution in [0.5, 0.6) is 11.5 Å². The molecule has 0 radical (unpaired) electrons. The summed E-state index contributed by atoms with van der Waals surface area (Å²) in [4.78, 5) is 40.2. The van der Waals surface area contributed by atoms with Crippen molar-refractivity contribution >= 4 is 40.7 Å². The topological polar surface area (TPSA) is 135 Å². The molecule has 0 heterocycles. The molecule has 3 aliphatic carbocycles. The van der Waals surface area contributed by atoms with Crippen molar-refractivity contribution in [2.45, 2.75) is 83.6 Å². The van der Waals surface area contributed by atoms with Crippen molar-refractivity contribution in [3.8, 4) is 11.5 Å². The lowest BCUT2D eigenvalue weighted by Gasteiger charge is -2.41. The molecule has 3 aliphatic rings. The summed E-state index contributed by atoms with van der Waals surface area (Å²) >= 11 is 2.04. The highest BCUT2D eigenvalue weighted by Crippen LogP contribution is 2.39. The van der Waals surface area contributed by atoms with E-state index in [0.29, 0.717) is 62.7 Å². The third kappa shape index (κ3) is 8.73. The van der Waals surface area contributed by atoms with Crippen LogP contribution in [0.3, 0.4) is 0 Å². The van der Waals surface area contributed by atoms with Gasteiger partial charge in [0.1, 0.15) is 25.1 Å². The van der Waals surface area contributed by atoms with Gasteiger partial charge in [0.25, 0.3) is 0 Å². The molecule has 0 aromatic heterocycles. The number of nitrogens with one attached hydrogen (secondary N) is 1. The van der Waals surface area contributed by atoms with Crippen LogP contribution in [0.15, 0.2) is 23.8 Å². The van der Waals surface area contributed by atoms with Crippen molar-refractivity contribution in [2.75, 3.05) is 33.4 Å². The second-order valence-corrected chi connectivity index (χ2v) is 14.0. The molecule has 10 nitrogen and oxygen atoms in total. The third-order valence-corrected chi connectivity index (χ3v) is 9.91. The first-order valence-electron chi connectivity index (χ1n) is 15.7. The molecule has 6 atom stereocenters. The molecule has 3 N–H and O–H groups in total. The first kappa shape index (κ1) is 34.6. The van der Waals surface area contributed by atoms with Gasteiger partial charge < -0.3 is 34.6 Å². The highest BCUT2D eigenvalue weighted by molar-refractivity contribution is 14.1. The highest BCUT2D eigenvalue weighted by atomic mass is 127. The van der Waals surface area contributed by atoms with Gasteiger partial charge in [0.05, 0.1) is 29.4 Å². The molecule has 0 spiro atoms. The maximum Gasteiger partial charge on any atom is 0.248 e. The molecule has 244 valence electrons. The van der Waals surface area contributed by atoms with Gasteiger partial charge in [-0.05, 0) is 90.2 Å². The maximum atomic E-state index is 13.9. The van der Waals surface area contributed by atoms with Crippen LogP contribution in [0.25, 0.3) is 0 Å².